The highest BCUT2D eigenvalue weighted by Gasteiger charge is 2.29. The molecule has 0 amide bonds. The number of carbonyl (C=O) groups excluding carboxylic acids is 1. The Kier molecular flexibility index (Phi) is 2.51. The highest BCUT2D eigenvalue weighted by molar-refractivity contribution is 5.40. The summed E-state index contributed by atoms with van der Waals surface area (Å²) in [4.78, 5) is 21.9. The van der Waals surface area contributed by atoms with Gasteiger partial charge < -0.3 is 4.74 Å². The summed E-state index contributed by atoms with van der Waals surface area (Å²) >= 11 is 0. The summed E-state index contributed by atoms with van der Waals surface area (Å²) in [6.07, 6.45) is 0. The largest absolute Gasteiger partial charge is 0.457 e. The van der Waals surface area contributed by atoms with E-state index >= 15 is 0 Å². The zero-order valence-corrected chi connectivity index (χ0v) is 8.75. The minimum absolute atomic E-state index is 0.172. The standard InChI is InChI=1S/C9H14N2O3/c1-6-7(8(13)11(4)10-6)9(2,3)14-5-12/h5,10H,1-4H3. The molecule has 0 unspecified atom stereocenters. The van der Waals surface area contributed by atoms with Gasteiger partial charge in [-0.25, -0.2) is 0 Å². The number of ether oxygens (including phenoxy) is 1. The lowest BCUT2D eigenvalue weighted by Crippen LogP contribution is -2.29. The molecular formula is C9H14N2O3. The first-order valence-corrected chi connectivity index (χ1v) is 4.27. The van der Waals surface area contributed by atoms with E-state index in [1.165, 1.54) is 4.68 Å². The van der Waals surface area contributed by atoms with Crippen LogP contribution in [0.15, 0.2) is 4.79 Å². The van der Waals surface area contributed by atoms with E-state index < -0.39 is 5.60 Å². The summed E-state index contributed by atoms with van der Waals surface area (Å²) in [5.41, 5.74) is 0.131. The van der Waals surface area contributed by atoms with Crippen LogP contribution in [-0.2, 0) is 22.2 Å². The molecule has 0 radical (unpaired) electrons. The van der Waals surface area contributed by atoms with Gasteiger partial charge in [0.05, 0.1) is 5.56 Å². The van der Waals surface area contributed by atoms with Crippen molar-refractivity contribution in [3.8, 4) is 0 Å². The lowest BCUT2D eigenvalue weighted by Gasteiger charge is -2.20. The molecule has 5 nitrogen and oxygen atoms in total. The smallest absolute Gasteiger partial charge is 0.293 e. The molecule has 0 saturated heterocycles. The zero-order valence-electron chi connectivity index (χ0n) is 8.75. The van der Waals surface area contributed by atoms with Gasteiger partial charge in [0, 0.05) is 12.7 Å². The summed E-state index contributed by atoms with van der Waals surface area (Å²) in [6.45, 7) is 5.48. The maximum absolute atomic E-state index is 11.6. The van der Waals surface area contributed by atoms with Gasteiger partial charge in [-0.1, -0.05) is 0 Å². The second-order valence-corrected chi connectivity index (χ2v) is 3.70. The third-order valence-corrected chi connectivity index (χ3v) is 2.17. The third kappa shape index (κ3) is 1.57. The molecule has 0 aliphatic rings. The van der Waals surface area contributed by atoms with Crippen molar-refractivity contribution in [1.82, 2.24) is 9.78 Å². The molecule has 5 heteroatoms. The van der Waals surface area contributed by atoms with Crippen molar-refractivity contribution >= 4 is 6.47 Å². The Labute approximate surface area is 81.7 Å². The second kappa shape index (κ2) is 3.32. The molecule has 0 spiro atoms. The van der Waals surface area contributed by atoms with E-state index in [4.69, 9.17) is 4.74 Å². The van der Waals surface area contributed by atoms with Gasteiger partial charge in [0.2, 0.25) is 0 Å². The Morgan fingerprint density at radius 3 is 2.43 bits per heavy atom. The first kappa shape index (κ1) is 10.6. The predicted octanol–water partition coefficient (Wildman–Crippen LogP) is 0.430. The van der Waals surface area contributed by atoms with Crippen molar-refractivity contribution in [2.75, 3.05) is 0 Å². The minimum atomic E-state index is -0.888. The lowest BCUT2D eigenvalue weighted by molar-refractivity contribution is -0.141. The van der Waals surface area contributed by atoms with Crippen LogP contribution in [0.25, 0.3) is 0 Å². The molecule has 78 valence electrons. The van der Waals surface area contributed by atoms with Gasteiger partial charge >= 0.3 is 0 Å². The van der Waals surface area contributed by atoms with Crippen LogP contribution in [-0.4, -0.2) is 16.3 Å². The molecule has 0 atom stereocenters. The zero-order chi connectivity index (χ0) is 10.9. The first-order chi connectivity index (χ1) is 6.40. The van der Waals surface area contributed by atoms with E-state index in [0.29, 0.717) is 17.7 Å². The summed E-state index contributed by atoms with van der Waals surface area (Å²) in [5.74, 6) is 0. The summed E-state index contributed by atoms with van der Waals surface area (Å²) in [7, 11) is 1.62. The summed E-state index contributed by atoms with van der Waals surface area (Å²) in [5, 5.41) is 2.85. The number of H-pyrrole nitrogens is 1. The molecule has 1 N–H and O–H groups in total. The van der Waals surface area contributed by atoms with E-state index in [9.17, 15) is 9.59 Å². The number of aromatic nitrogens is 2. The maximum Gasteiger partial charge on any atom is 0.293 e. The Morgan fingerprint density at radius 2 is 2.07 bits per heavy atom. The molecule has 0 bridgehead atoms. The number of aromatic amines is 1. The number of rotatable bonds is 3. The molecule has 1 aromatic heterocycles. The van der Waals surface area contributed by atoms with Crippen molar-refractivity contribution in [2.24, 2.45) is 7.05 Å². The van der Waals surface area contributed by atoms with E-state index in [1.54, 1.807) is 27.8 Å². The van der Waals surface area contributed by atoms with Crippen LogP contribution in [0, 0.1) is 6.92 Å². The van der Waals surface area contributed by atoms with Gasteiger partial charge in [0.1, 0.15) is 5.60 Å². The monoisotopic (exact) mass is 198 g/mol. The van der Waals surface area contributed by atoms with Gasteiger partial charge in [0.25, 0.3) is 12.0 Å². The van der Waals surface area contributed by atoms with Crippen LogP contribution in [0.2, 0.25) is 0 Å². The molecule has 1 rings (SSSR count). The lowest BCUT2D eigenvalue weighted by atomic mass is 9.99. The Balaban J connectivity index is 3.31. The Morgan fingerprint density at radius 1 is 1.50 bits per heavy atom. The molecule has 14 heavy (non-hydrogen) atoms. The van der Waals surface area contributed by atoms with Gasteiger partial charge in [-0.2, -0.15) is 0 Å². The van der Waals surface area contributed by atoms with E-state index in [0.717, 1.165) is 0 Å². The van der Waals surface area contributed by atoms with Crippen molar-refractivity contribution in [1.29, 1.82) is 0 Å². The molecule has 0 aliphatic heterocycles. The average molecular weight is 198 g/mol. The SMILES string of the molecule is Cc1[nH]n(C)c(=O)c1C(C)(C)OC=O. The molecule has 0 aromatic carbocycles. The van der Waals surface area contributed by atoms with Crippen LogP contribution >= 0.6 is 0 Å². The number of nitrogens with zero attached hydrogens (tertiary/aromatic N) is 1. The van der Waals surface area contributed by atoms with Gasteiger partial charge in [-0.05, 0) is 20.8 Å². The number of hydrogen-bond donors (Lipinski definition) is 1. The van der Waals surface area contributed by atoms with Gasteiger partial charge in [-0.3, -0.25) is 19.4 Å². The minimum Gasteiger partial charge on any atom is -0.457 e. The van der Waals surface area contributed by atoms with E-state index in [-0.39, 0.29) is 5.56 Å². The molecular weight excluding hydrogens is 184 g/mol. The van der Waals surface area contributed by atoms with Crippen molar-refractivity contribution in [3.63, 3.8) is 0 Å². The predicted molar refractivity (Wildman–Crippen MR) is 50.9 cm³/mol. The van der Waals surface area contributed by atoms with E-state index in [2.05, 4.69) is 5.10 Å². The Hall–Kier alpha value is -1.52. The van der Waals surface area contributed by atoms with Crippen LogP contribution in [0.1, 0.15) is 25.1 Å². The highest BCUT2D eigenvalue weighted by Crippen LogP contribution is 2.22. The quantitative estimate of drug-likeness (QED) is 0.716. The number of hydrogen-bond acceptors (Lipinski definition) is 3. The number of aryl methyl sites for hydroxylation is 2. The molecule has 1 aromatic rings. The van der Waals surface area contributed by atoms with Gasteiger partial charge in [0.15, 0.2) is 0 Å². The van der Waals surface area contributed by atoms with Gasteiger partial charge in [-0.15, -0.1) is 0 Å². The van der Waals surface area contributed by atoms with Crippen LogP contribution in [0.4, 0.5) is 0 Å². The fourth-order valence-corrected chi connectivity index (χ4v) is 1.57. The van der Waals surface area contributed by atoms with Crippen LogP contribution in [0.3, 0.4) is 0 Å². The highest BCUT2D eigenvalue weighted by atomic mass is 16.5. The van der Waals surface area contributed by atoms with Crippen molar-refractivity contribution in [3.05, 3.63) is 21.6 Å². The fraction of sp³-hybridized carbons (Fsp3) is 0.556. The summed E-state index contributed by atoms with van der Waals surface area (Å²) in [6, 6.07) is 0. The maximum atomic E-state index is 11.6. The Bertz CT molecular complexity index is 401. The van der Waals surface area contributed by atoms with Crippen molar-refractivity contribution in [2.45, 2.75) is 26.4 Å². The van der Waals surface area contributed by atoms with Crippen molar-refractivity contribution < 1.29 is 9.53 Å². The molecule has 0 fully saturated rings. The molecule has 1 heterocycles. The average Bonchev–Trinajstić information content (AvgIpc) is 2.26. The van der Waals surface area contributed by atoms with Crippen LogP contribution in [0.5, 0.6) is 0 Å². The molecule has 0 aliphatic carbocycles. The normalized spacial score (nSPS) is 11.4. The van der Waals surface area contributed by atoms with Crippen LogP contribution < -0.4 is 5.56 Å². The number of carbonyl (C=O) groups is 1. The number of nitrogens with one attached hydrogen (secondary N) is 1. The topological polar surface area (TPSA) is 64.1 Å². The molecule has 0 saturated carbocycles. The fourth-order valence-electron chi connectivity index (χ4n) is 1.57. The summed E-state index contributed by atoms with van der Waals surface area (Å²) < 4.78 is 6.24. The first-order valence-electron chi connectivity index (χ1n) is 4.27. The third-order valence-electron chi connectivity index (χ3n) is 2.17. The van der Waals surface area contributed by atoms with E-state index in [1.807, 2.05) is 0 Å². The second-order valence-electron chi connectivity index (χ2n) is 3.70.